The van der Waals surface area contributed by atoms with E-state index < -0.39 is 0 Å². The first-order valence-electron chi connectivity index (χ1n) is 8.27. The highest BCUT2D eigenvalue weighted by Gasteiger charge is 2.31. The van der Waals surface area contributed by atoms with Crippen LogP contribution in [0.5, 0.6) is 0 Å². The van der Waals surface area contributed by atoms with Gasteiger partial charge in [0, 0.05) is 6.54 Å². The third-order valence-electron chi connectivity index (χ3n) is 4.24. The molecule has 0 bridgehead atoms. The molecule has 0 radical (unpaired) electrons. The maximum Gasteiger partial charge on any atom is 0.410 e. The number of ether oxygens (including phenoxy) is 1. The zero-order valence-electron chi connectivity index (χ0n) is 13.3. The molecule has 23 heavy (non-hydrogen) atoms. The number of unbranched alkanes of at least 4 members (excludes halogenated alkanes) is 1. The number of nitrogens with zero attached hydrogens (tertiary/aromatic N) is 2. The van der Waals surface area contributed by atoms with Crippen LogP contribution >= 0.6 is 0 Å². The molecule has 1 fully saturated rings. The Morgan fingerprint density at radius 3 is 3.17 bits per heavy atom. The first-order valence-corrected chi connectivity index (χ1v) is 8.27. The lowest BCUT2D eigenvalue weighted by Gasteiger charge is -2.33. The van der Waals surface area contributed by atoms with Crippen LogP contribution in [0.15, 0.2) is 18.2 Å². The van der Waals surface area contributed by atoms with Gasteiger partial charge in [-0.2, -0.15) is 0 Å². The normalized spacial score (nSPS) is 18.3. The van der Waals surface area contributed by atoms with Gasteiger partial charge < -0.3 is 9.72 Å². The molecule has 1 saturated heterocycles. The number of hydrogen-bond acceptors (Lipinski definition) is 3. The van der Waals surface area contributed by atoms with Crippen LogP contribution in [0.4, 0.5) is 9.18 Å². The van der Waals surface area contributed by atoms with E-state index in [9.17, 15) is 9.18 Å². The highest BCUT2D eigenvalue weighted by molar-refractivity contribution is 5.75. The number of halogens is 1. The molecule has 1 aromatic carbocycles. The predicted molar refractivity (Wildman–Crippen MR) is 85.6 cm³/mol. The lowest BCUT2D eigenvalue weighted by atomic mass is 10.0. The van der Waals surface area contributed by atoms with Gasteiger partial charge >= 0.3 is 6.09 Å². The molecule has 1 aromatic heterocycles. The van der Waals surface area contributed by atoms with Crippen molar-refractivity contribution < 1.29 is 13.9 Å². The Bertz CT molecular complexity index is 686. The fraction of sp³-hybridized carbons (Fsp3) is 0.529. The molecule has 1 aliphatic heterocycles. The number of amides is 1. The van der Waals surface area contributed by atoms with Crippen LogP contribution in [-0.4, -0.2) is 34.1 Å². The standard InChI is InChI=1S/C17H22FN3O2/c1-2-3-10-23-17(22)21-9-5-4-6-15(21)16-19-13-8-7-12(18)11-14(13)20-16/h7-8,11,15H,2-6,9-10H2,1H3,(H,19,20)/t15-/m1/s1. The lowest BCUT2D eigenvalue weighted by molar-refractivity contribution is 0.0702. The van der Waals surface area contributed by atoms with E-state index in [4.69, 9.17) is 4.74 Å². The Labute approximate surface area is 134 Å². The molecule has 5 nitrogen and oxygen atoms in total. The number of fused-ring (bicyclic) bond motifs is 1. The Morgan fingerprint density at radius 1 is 1.48 bits per heavy atom. The molecule has 2 aromatic rings. The van der Waals surface area contributed by atoms with Crippen LogP contribution in [0.3, 0.4) is 0 Å². The molecule has 124 valence electrons. The van der Waals surface area contributed by atoms with Gasteiger partial charge in [-0.25, -0.2) is 14.2 Å². The molecule has 6 heteroatoms. The first-order chi connectivity index (χ1) is 11.2. The summed E-state index contributed by atoms with van der Waals surface area (Å²) >= 11 is 0. The smallest absolute Gasteiger partial charge is 0.410 e. The predicted octanol–water partition coefficient (Wildman–Crippen LogP) is 4.17. The maximum absolute atomic E-state index is 13.3. The summed E-state index contributed by atoms with van der Waals surface area (Å²) in [5.74, 6) is 0.407. The molecule has 3 rings (SSSR count). The summed E-state index contributed by atoms with van der Waals surface area (Å²) in [7, 11) is 0. The average molecular weight is 319 g/mol. The minimum atomic E-state index is -0.299. The number of nitrogens with one attached hydrogen (secondary N) is 1. The summed E-state index contributed by atoms with van der Waals surface area (Å²) in [4.78, 5) is 21.8. The van der Waals surface area contributed by atoms with E-state index in [1.807, 2.05) is 0 Å². The molecule has 0 spiro atoms. The van der Waals surface area contributed by atoms with Crippen molar-refractivity contribution in [2.75, 3.05) is 13.2 Å². The van der Waals surface area contributed by atoms with Gasteiger partial charge in [-0.05, 0) is 43.9 Å². The minimum absolute atomic E-state index is 0.131. The second kappa shape index (κ2) is 6.98. The number of benzene rings is 1. The van der Waals surface area contributed by atoms with Crippen molar-refractivity contribution in [3.8, 4) is 0 Å². The number of piperidine rings is 1. The van der Waals surface area contributed by atoms with Crippen molar-refractivity contribution in [1.82, 2.24) is 14.9 Å². The third-order valence-corrected chi connectivity index (χ3v) is 4.24. The van der Waals surface area contributed by atoms with Crippen molar-refractivity contribution >= 4 is 17.1 Å². The van der Waals surface area contributed by atoms with Gasteiger partial charge in [0.15, 0.2) is 0 Å². The summed E-state index contributed by atoms with van der Waals surface area (Å²) in [6.07, 6.45) is 4.42. The quantitative estimate of drug-likeness (QED) is 0.861. The van der Waals surface area contributed by atoms with Gasteiger partial charge in [-0.1, -0.05) is 13.3 Å². The maximum atomic E-state index is 13.3. The largest absolute Gasteiger partial charge is 0.449 e. The average Bonchev–Trinajstić information content (AvgIpc) is 2.98. The number of carbonyl (C=O) groups is 1. The number of hydrogen-bond donors (Lipinski definition) is 1. The summed E-state index contributed by atoms with van der Waals surface area (Å²) in [5.41, 5.74) is 1.37. The highest BCUT2D eigenvalue weighted by atomic mass is 19.1. The topological polar surface area (TPSA) is 58.2 Å². The second-order valence-electron chi connectivity index (χ2n) is 5.96. The number of aromatic amines is 1. The summed E-state index contributed by atoms with van der Waals surface area (Å²) in [6, 6.07) is 4.34. The van der Waals surface area contributed by atoms with Crippen LogP contribution in [0.25, 0.3) is 11.0 Å². The van der Waals surface area contributed by atoms with Crippen LogP contribution in [0.2, 0.25) is 0 Å². The molecule has 1 atom stereocenters. The Hall–Kier alpha value is -2.11. The van der Waals surface area contributed by atoms with Crippen molar-refractivity contribution in [2.45, 2.75) is 45.1 Å². The molecule has 1 amide bonds. The second-order valence-corrected chi connectivity index (χ2v) is 5.96. The fourth-order valence-corrected chi connectivity index (χ4v) is 2.98. The van der Waals surface area contributed by atoms with Crippen LogP contribution in [-0.2, 0) is 4.74 Å². The van der Waals surface area contributed by atoms with E-state index in [1.165, 1.54) is 12.1 Å². The molecule has 0 unspecified atom stereocenters. The number of H-pyrrole nitrogens is 1. The number of aromatic nitrogens is 2. The van der Waals surface area contributed by atoms with Crippen LogP contribution < -0.4 is 0 Å². The molecular weight excluding hydrogens is 297 g/mol. The van der Waals surface area contributed by atoms with Crippen molar-refractivity contribution in [1.29, 1.82) is 0 Å². The Balaban J connectivity index is 1.80. The van der Waals surface area contributed by atoms with Crippen LogP contribution in [0.1, 0.15) is 50.9 Å². The number of likely N-dealkylation sites (tertiary alicyclic amines) is 1. The van der Waals surface area contributed by atoms with Gasteiger partial charge in [0.05, 0.1) is 23.7 Å². The van der Waals surface area contributed by atoms with Crippen molar-refractivity contribution in [3.05, 3.63) is 29.8 Å². The van der Waals surface area contributed by atoms with Crippen molar-refractivity contribution in [2.24, 2.45) is 0 Å². The van der Waals surface area contributed by atoms with E-state index in [2.05, 4.69) is 16.9 Å². The van der Waals surface area contributed by atoms with Crippen molar-refractivity contribution in [3.63, 3.8) is 0 Å². The zero-order chi connectivity index (χ0) is 16.2. The van der Waals surface area contributed by atoms with E-state index >= 15 is 0 Å². The monoisotopic (exact) mass is 319 g/mol. The summed E-state index contributed by atoms with van der Waals surface area (Å²) in [5, 5.41) is 0. The third kappa shape index (κ3) is 3.46. The van der Waals surface area contributed by atoms with Gasteiger partial charge in [-0.3, -0.25) is 4.90 Å². The van der Waals surface area contributed by atoms with E-state index in [1.54, 1.807) is 11.0 Å². The Morgan fingerprint density at radius 2 is 2.35 bits per heavy atom. The molecular formula is C17H22FN3O2. The van der Waals surface area contributed by atoms with Gasteiger partial charge in [-0.15, -0.1) is 0 Å². The lowest BCUT2D eigenvalue weighted by Crippen LogP contribution is -2.39. The SMILES string of the molecule is CCCCOC(=O)N1CCCC[C@@H]1c1nc2ccc(F)cc2[nH]1. The first kappa shape index (κ1) is 15.8. The molecule has 1 aliphatic rings. The number of carbonyl (C=O) groups excluding carboxylic acids is 1. The zero-order valence-corrected chi connectivity index (χ0v) is 13.3. The number of imidazole rings is 1. The van der Waals surface area contributed by atoms with Gasteiger partial charge in [0.25, 0.3) is 0 Å². The van der Waals surface area contributed by atoms with E-state index in [-0.39, 0.29) is 18.0 Å². The summed E-state index contributed by atoms with van der Waals surface area (Å²) in [6.45, 7) is 3.18. The van der Waals surface area contributed by atoms with Crippen LogP contribution in [0, 0.1) is 5.82 Å². The number of rotatable bonds is 4. The molecule has 0 aliphatic carbocycles. The summed E-state index contributed by atoms with van der Waals surface area (Å²) < 4.78 is 18.7. The minimum Gasteiger partial charge on any atom is -0.449 e. The van der Waals surface area contributed by atoms with E-state index in [0.29, 0.717) is 30.0 Å². The Kier molecular flexibility index (Phi) is 4.79. The fourth-order valence-electron chi connectivity index (χ4n) is 2.98. The van der Waals surface area contributed by atoms with Gasteiger partial charge in [0.2, 0.25) is 0 Å². The molecule has 1 N–H and O–H groups in total. The molecule has 0 saturated carbocycles. The molecule has 2 heterocycles. The van der Waals surface area contributed by atoms with Gasteiger partial charge in [0.1, 0.15) is 11.6 Å². The van der Waals surface area contributed by atoms with E-state index in [0.717, 1.165) is 32.1 Å². The highest BCUT2D eigenvalue weighted by Crippen LogP contribution is 2.31.